The van der Waals surface area contributed by atoms with Crippen molar-refractivity contribution >= 4 is 16.5 Å². The van der Waals surface area contributed by atoms with Crippen molar-refractivity contribution < 1.29 is 0 Å². The van der Waals surface area contributed by atoms with E-state index in [1.165, 1.54) is 35.8 Å². The number of fused-ring (bicyclic) bond motifs is 1. The fourth-order valence-corrected chi connectivity index (χ4v) is 2.63. The molecule has 1 fully saturated rings. The van der Waals surface area contributed by atoms with Crippen molar-refractivity contribution in [3.05, 3.63) is 36.7 Å². The first-order chi connectivity index (χ1) is 8.93. The Morgan fingerprint density at radius 3 is 3.22 bits per heavy atom. The van der Waals surface area contributed by atoms with E-state index in [-0.39, 0.29) is 0 Å². The number of aromatic nitrogens is 1. The summed E-state index contributed by atoms with van der Waals surface area (Å²) < 4.78 is 0. The molecule has 1 aliphatic rings. The molecule has 18 heavy (non-hydrogen) atoms. The van der Waals surface area contributed by atoms with Gasteiger partial charge in [-0.05, 0) is 44.0 Å². The number of benzene rings is 1. The van der Waals surface area contributed by atoms with Crippen molar-refractivity contribution in [3.8, 4) is 0 Å². The number of rotatable bonds is 3. The highest BCUT2D eigenvalue weighted by Gasteiger charge is 2.12. The van der Waals surface area contributed by atoms with Crippen LogP contribution in [0.25, 0.3) is 10.8 Å². The van der Waals surface area contributed by atoms with Gasteiger partial charge in [-0.2, -0.15) is 0 Å². The molecule has 0 aliphatic carbocycles. The van der Waals surface area contributed by atoms with E-state index in [0.717, 1.165) is 19.0 Å². The Bertz CT molecular complexity index is 513. The van der Waals surface area contributed by atoms with Crippen LogP contribution in [0.15, 0.2) is 36.7 Å². The molecule has 0 spiro atoms. The van der Waals surface area contributed by atoms with Crippen LogP contribution < -0.4 is 10.6 Å². The topological polar surface area (TPSA) is 37.0 Å². The van der Waals surface area contributed by atoms with E-state index in [9.17, 15) is 0 Å². The van der Waals surface area contributed by atoms with Gasteiger partial charge >= 0.3 is 0 Å². The Balaban J connectivity index is 1.74. The number of nitrogens with one attached hydrogen (secondary N) is 2. The lowest BCUT2D eigenvalue weighted by molar-refractivity contribution is 0.393. The largest absolute Gasteiger partial charge is 0.384 e. The summed E-state index contributed by atoms with van der Waals surface area (Å²) in [5, 5.41) is 9.51. The molecule has 0 saturated carbocycles. The summed E-state index contributed by atoms with van der Waals surface area (Å²) in [6, 6.07) is 8.43. The molecular weight excluding hydrogens is 222 g/mol. The molecule has 1 aromatic heterocycles. The van der Waals surface area contributed by atoms with Crippen molar-refractivity contribution in [1.29, 1.82) is 0 Å². The first-order valence-electron chi connectivity index (χ1n) is 6.71. The SMILES string of the molecule is c1cc(NCC2CCCNC2)c2ccncc2c1. The molecule has 1 aromatic carbocycles. The predicted octanol–water partition coefficient (Wildman–Crippen LogP) is 2.65. The Kier molecular flexibility index (Phi) is 3.42. The van der Waals surface area contributed by atoms with Crippen LogP contribution in [0.3, 0.4) is 0 Å². The van der Waals surface area contributed by atoms with E-state index in [2.05, 4.69) is 39.9 Å². The molecule has 3 rings (SSSR count). The average molecular weight is 241 g/mol. The minimum Gasteiger partial charge on any atom is -0.384 e. The van der Waals surface area contributed by atoms with Gasteiger partial charge in [0.15, 0.2) is 0 Å². The normalized spacial score (nSPS) is 19.9. The van der Waals surface area contributed by atoms with Crippen LogP contribution >= 0.6 is 0 Å². The zero-order valence-electron chi connectivity index (χ0n) is 10.5. The van der Waals surface area contributed by atoms with E-state index in [0.29, 0.717) is 0 Å². The smallest absolute Gasteiger partial charge is 0.0421 e. The van der Waals surface area contributed by atoms with Crippen LogP contribution in [0, 0.1) is 5.92 Å². The second-order valence-corrected chi connectivity index (χ2v) is 5.00. The Morgan fingerprint density at radius 1 is 1.33 bits per heavy atom. The Morgan fingerprint density at radius 2 is 2.33 bits per heavy atom. The predicted molar refractivity (Wildman–Crippen MR) is 75.8 cm³/mol. The first kappa shape index (κ1) is 11.5. The van der Waals surface area contributed by atoms with Gasteiger partial charge in [-0.1, -0.05) is 12.1 Å². The minimum absolute atomic E-state index is 0.746. The molecular formula is C15H19N3. The van der Waals surface area contributed by atoms with Crippen molar-refractivity contribution in [2.75, 3.05) is 25.0 Å². The summed E-state index contributed by atoms with van der Waals surface area (Å²) >= 11 is 0. The minimum atomic E-state index is 0.746. The van der Waals surface area contributed by atoms with Gasteiger partial charge in [0, 0.05) is 35.4 Å². The van der Waals surface area contributed by atoms with Crippen molar-refractivity contribution in [2.45, 2.75) is 12.8 Å². The molecule has 0 amide bonds. The van der Waals surface area contributed by atoms with Crippen LogP contribution in [0.4, 0.5) is 5.69 Å². The van der Waals surface area contributed by atoms with Crippen molar-refractivity contribution in [1.82, 2.24) is 10.3 Å². The standard InChI is InChI=1S/C15H19N3/c1-4-13-11-17-8-6-14(13)15(5-1)18-10-12-3-2-7-16-9-12/h1,4-6,8,11-12,16,18H,2-3,7,9-10H2. The lowest BCUT2D eigenvalue weighted by Crippen LogP contribution is -2.33. The van der Waals surface area contributed by atoms with E-state index in [1.807, 2.05) is 12.4 Å². The molecule has 0 radical (unpaired) electrons. The maximum Gasteiger partial charge on any atom is 0.0421 e. The summed E-state index contributed by atoms with van der Waals surface area (Å²) in [7, 11) is 0. The lowest BCUT2D eigenvalue weighted by Gasteiger charge is -2.23. The summed E-state index contributed by atoms with van der Waals surface area (Å²) in [5.41, 5.74) is 1.22. The maximum absolute atomic E-state index is 4.17. The molecule has 1 unspecified atom stereocenters. The molecule has 2 N–H and O–H groups in total. The zero-order valence-corrected chi connectivity index (χ0v) is 10.5. The summed E-state index contributed by atoms with van der Waals surface area (Å²) in [6.07, 6.45) is 6.40. The highest BCUT2D eigenvalue weighted by atomic mass is 14.9. The highest BCUT2D eigenvalue weighted by Crippen LogP contribution is 2.22. The van der Waals surface area contributed by atoms with Crippen LogP contribution in [-0.4, -0.2) is 24.6 Å². The Labute approximate surface area is 108 Å². The third kappa shape index (κ3) is 2.46. The van der Waals surface area contributed by atoms with Gasteiger partial charge in [-0.15, -0.1) is 0 Å². The first-order valence-corrected chi connectivity index (χ1v) is 6.71. The van der Waals surface area contributed by atoms with Crippen molar-refractivity contribution in [3.63, 3.8) is 0 Å². The van der Waals surface area contributed by atoms with E-state index in [1.54, 1.807) is 0 Å². The molecule has 1 saturated heterocycles. The number of hydrogen-bond donors (Lipinski definition) is 2. The molecule has 0 bridgehead atoms. The van der Waals surface area contributed by atoms with E-state index in [4.69, 9.17) is 0 Å². The monoisotopic (exact) mass is 241 g/mol. The number of piperidine rings is 1. The summed E-state index contributed by atoms with van der Waals surface area (Å²) in [6.45, 7) is 3.37. The fourth-order valence-electron chi connectivity index (χ4n) is 2.63. The third-order valence-corrected chi connectivity index (χ3v) is 3.66. The second-order valence-electron chi connectivity index (χ2n) is 5.00. The van der Waals surface area contributed by atoms with Crippen LogP contribution in [-0.2, 0) is 0 Å². The summed E-state index contributed by atoms with van der Waals surface area (Å²) in [4.78, 5) is 4.17. The molecule has 1 aliphatic heterocycles. The third-order valence-electron chi connectivity index (χ3n) is 3.66. The number of pyridine rings is 1. The molecule has 2 heterocycles. The van der Waals surface area contributed by atoms with Gasteiger partial charge in [0.2, 0.25) is 0 Å². The molecule has 1 atom stereocenters. The second kappa shape index (κ2) is 5.36. The maximum atomic E-state index is 4.17. The molecule has 94 valence electrons. The van der Waals surface area contributed by atoms with Crippen LogP contribution in [0.5, 0.6) is 0 Å². The van der Waals surface area contributed by atoms with Gasteiger partial charge in [0.25, 0.3) is 0 Å². The molecule has 2 aromatic rings. The lowest BCUT2D eigenvalue weighted by atomic mass is 9.99. The van der Waals surface area contributed by atoms with E-state index < -0.39 is 0 Å². The molecule has 3 nitrogen and oxygen atoms in total. The zero-order chi connectivity index (χ0) is 12.2. The number of anilines is 1. The van der Waals surface area contributed by atoms with Gasteiger partial charge in [0.05, 0.1) is 0 Å². The molecule has 3 heteroatoms. The van der Waals surface area contributed by atoms with Crippen LogP contribution in [0.1, 0.15) is 12.8 Å². The van der Waals surface area contributed by atoms with Crippen molar-refractivity contribution in [2.24, 2.45) is 5.92 Å². The quantitative estimate of drug-likeness (QED) is 0.867. The summed E-state index contributed by atoms with van der Waals surface area (Å²) in [5.74, 6) is 0.746. The fraction of sp³-hybridized carbons (Fsp3) is 0.400. The number of hydrogen-bond acceptors (Lipinski definition) is 3. The van der Waals surface area contributed by atoms with Crippen LogP contribution in [0.2, 0.25) is 0 Å². The van der Waals surface area contributed by atoms with E-state index >= 15 is 0 Å². The Hall–Kier alpha value is -1.61. The van der Waals surface area contributed by atoms with Gasteiger partial charge < -0.3 is 10.6 Å². The highest BCUT2D eigenvalue weighted by molar-refractivity contribution is 5.93. The van der Waals surface area contributed by atoms with Gasteiger partial charge in [-0.25, -0.2) is 0 Å². The number of nitrogens with zero attached hydrogens (tertiary/aromatic N) is 1. The van der Waals surface area contributed by atoms with Gasteiger partial charge in [-0.3, -0.25) is 4.98 Å². The average Bonchev–Trinajstić information content (AvgIpc) is 2.46. The van der Waals surface area contributed by atoms with Gasteiger partial charge in [0.1, 0.15) is 0 Å².